The summed E-state index contributed by atoms with van der Waals surface area (Å²) in [5.41, 5.74) is 0.943. The molecule has 1 aliphatic heterocycles. The molecule has 0 saturated carbocycles. The van der Waals surface area contributed by atoms with Crippen molar-refractivity contribution in [2.75, 3.05) is 64.9 Å². The van der Waals surface area contributed by atoms with Crippen molar-refractivity contribution in [3.63, 3.8) is 0 Å². The molecule has 1 aromatic rings. The van der Waals surface area contributed by atoms with Gasteiger partial charge in [-0.05, 0) is 43.4 Å². The fourth-order valence-corrected chi connectivity index (χ4v) is 2.96. The highest BCUT2D eigenvalue weighted by Gasteiger charge is 2.20. The number of benzene rings is 1. The second kappa shape index (κ2) is 10.9. The van der Waals surface area contributed by atoms with Gasteiger partial charge in [-0.15, -0.1) is 0 Å². The van der Waals surface area contributed by atoms with Crippen LogP contribution >= 0.6 is 12.2 Å². The summed E-state index contributed by atoms with van der Waals surface area (Å²) in [6.07, 6.45) is 0. The minimum Gasteiger partial charge on any atom is -0.494 e. The molecule has 0 spiro atoms. The molecule has 1 amide bonds. The summed E-state index contributed by atoms with van der Waals surface area (Å²) in [5.74, 6) is 0.881. The third kappa shape index (κ3) is 6.78. The molecule has 0 aliphatic carbocycles. The molecule has 1 aromatic carbocycles. The molecule has 1 saturated heterocycles. The first kappa shape index (κ1) is 20.4. The third-order valence-corrected chi connectivity index (χ3v) is 4.43. The van der Waals surface area contributed by atoms with Gasteiger partial charge in [-0.3, -0.25) is 9.69 Å². The Bertz CT molecular complexity index is 574. The topological polar surface area (TPSA) is 66.1 Å². The minimum atomic E-state index is 0.0330. The number of hydrogen-bond donors (Lipinski definition) is 2. The summed E-state index contributed by atoms with van der Waals surface area (Å²) in [6, 6.07) is 7.76. The number of carbonyl (C=O) groups excluding carboxylic acids is 1. The number of hydrogen-bond acceptors (Lipinski definition) is 5. The maximum atomic E-state index is 11.8. The van der Waals surface area contributed by atoms with E-state index in [0.717, 1.165) is 37.6 Å². The van der Waals surface area contributed by atoms with E-state index in [1.165, 1.54) is 0 Å². The number of nitrogens with one attached hydrogen (secondary N) is 2. The van der Waals surface area contributed by atoms with Crippen LogP contribution in [0, 0.1) is 0 Å². The molecule has 1 heterocycles. The van der Waals surface area contributed by atoms with Gasteiger partial charge in [-0.2, -0.15) is 0 Å². The zero-order valence-corrected chi connectivity index (χ0v) is 16.3. The molecule has 0 aromatic heterocycles. The van der Waals surface area contributed by atoms with E-state index in [4.69, 9.17) is 21.7 Å². The SMILES string of the molecule is CCOc1ccc(NC(=S)N2CCN(CC(=O)NCCOC)CC2)cc1. The van der Waals surface area contributed by atoms with Gasteiger partial charge in [0.05, 0.1) is 19.8 Å². The normalized spacial score (nSPS) is 14.8. The predicted molar refractivity (Wildman–Crippen MR) is 107 cm³/mol. The number of carbonyl (C=O) groups is 1. The van der Waals surface area contributed by atoms with Crippen LogP contribution in [-0.2, 0) is 9.53 Å². The van der Waals surface area contributed by atoms with E-state index in [1.54, 1.807) is 7.11 Å². The van der Waals surface area contributed by atoms with E-state index in [0.29, 0.717) is 31.4 Å². The maximum Gasteiger partial charge on any atom is 0.234 e. The average Bonchev–Trinajstić information content (AvgIpc) is 2.64. The molecule has 0 unspecified atom stereocenters. The Balaban J connectivity index is 1.71. The van der Waals surface area contributed by atoms with Crippen LogP contribution in [0.4, 0.5) is 5.69 Å². The number of rotatable bonds is 8. The standard InChI is InChI=1S/C18H28N4O3S/c1-3-25-16-6-4-15(5-7-16)20-18(26)22-11-9-21(10-12-22)14-17(23)19-8-13-24-2/h4-7H,3,8-14H2,1-2H3,(H,19,23)(H,20,26). The summed E-state index contributed by atoms with van der Waals surface area (Å²) < 4.78 is 10.4. The van der Waals surface area contributed by atoms with Crippen molar-refractivity contribution >= 4 is 28.9 Å². The monoisotopic (exact) mass is 380 g/mol. The zero-order valence-electron chi connectivity index (χ0n) is 15.5. The fourth-order valence-electron chi connectivity index (χ4n) is 2.66. The van der Waals surface area contributed by atoms with Crippen LogP contribution in [0.1, 0.15) is 6.92 Å². The van der Waals surface area contributed by atoms with Crippen molar-refractivity contribution in [2.45, 2.75) is 6.92 Å². The molecule has 7 nitrogen and oxygen atoms in total. The van der Waals surface area contributed by atoms with Gasteiger partial charge in [0.15, 0.2) is 5.11 Å². The number of ether oxygens (including phenoxy) is 2. The van der Waals surface area contributed by atoms with Crippen LogP contribution in [0.25, 0.3) is 0 Å². The Hall–Kier alpha value is -1.90. The lowest BCUT2D eigenvalue weighted by molar-refractivity contribution is -0.122. The molecule has 2 rings (SSSR count). The van der Waals surface area contributed by atoms with Gasteiger partial charge in [0, 0.05) is 45.5 Å². The summed E-state index contributed by atoms with van der Waals surface area (Å²) in [6.45, 7) is 7.32. The largest absolute Gasteiger partial charge is 0.494 e. The van der Waals surface area contributed by atoms with Crippen LogP contribution in [0.5, 0.6) is 5.75 Å². The van der Waals surface area contributed by atoms with Crippen molar-refractivity contribution in [1.82, 2.24) is 15.1 Å². The lowest BCUT2D eigenvalue weighted by atomic mass is 10.3. The number of thiocarbonyl (C=S) groups is 1. The average molecular weight is 381 g/mol. The fraction of sp³-hybridized carbons (Fsp3) is 0.556. The molecule has 0 radical (unpaired) electrons. The molecule has 8 heteroatoms. The van der Waals surface area contributed by atoms with Crippen molar-refractivity contribution in [1.29, 1.82) is 0 Å². The van der Waals surface area contributed by atoms with E-state index in [9.17, 15) is 4.79 Å². The van der Waals surface area contributed by atoms with Crippen molar-refractivity contribution in [3.8, 4) is 5.75 Å². The van der Waals surface area contributed by atoms with Crippen LogP contribution in [-0.4, -0.2) is 80.4 Å². The van der Waals surface area contributed by atoms with E-state index in [2.05, 4.69) is 20.4 Å². The Morgan fingerprint density at radius 2 is 1.88 bits per heavy atom. The molecule has 1 fully saturated rings. The van der Waals surface area contributed by atoms with Gasteiger partial charge in [-0.25, -0.2) is 0 Å². The second-order valence-corrected chi connectivity index (χ2v) is 6.38. The smallest absolute Gasteiger partial charge is 0.234 e. The minimum absolute atomic E-state index is 0.0330. The Morgan fingerprint density at radius 1 is 1.19 bits per heavy atom. The third-order valence-electron chi connectivity index (χ3n) is 4.07. The van der Waals surface area contributed by atoms with Gasteiger partial charge >= 0.3 is 0 Å². The number of methoxy groups -OCH3 is 1. The van der Waals surface area contributed by atoms with E-state index in [1.807, 2.05) is 31.2 Å². The van der Waals surface area contributed by atoms with Gasteiger partial charge in [0.25, 0.3) is 0 Å². The first-order chi connectivity index (χ1) is 12.6. The maximum absolute atomic E-state index is 11.8. The van der Waals surface area contributed by atoms with Crippen molar-refractivity contribution < 1.29 is 14.3 Å². The first-order valence-corrected chi connectivity index (χ1v) is 9.30. The highest BCUT2D eigenvalue weighted by molar-refractivity contribution is 7.80. The molecule has 0 atom stereocenters. The summed E-state index contributed by atoms with van der Waals surface area (Å²) >= 11 is 5.51. The number of nitrogens with zero attached hydrogens (tertiary/aromatic N) is 2. The van der Waals surface area contributed by atoms with Crippen molar-refractivity contribution in [2.24, 2.45) is 0 Å². The molecule has 2 N–H and O–H groups in total. The number of anilines is 1. The Kier molecular flexibility index (Phi) is 8.60. The van der Waals surface area contributed by atoms with Crippen LogP contribution in [0.15, 0.2) is 24.3 Å². The summed E-state index contributed by atoms with van der Waals surface area (Å²) in [4.78, 5) is 16.1. The molecular weight excluding hydrogens is 352 g/mol. The zero-order chi connectivity index (χ0) is 18.8. The van der Waals surface area contributed by atoms with Crippen LogP contribution in [0.3, 0.4) is 0 Å². The lowest BCUT2D eigenvalue weighted by Gasteiger charge is -2.35. The van der Waals surface area contributed by atoms with E-state index in [-0.39, 0.29) is 5.91 Å². The molecule has 0 bridgehead atoms. The van der Waals surface area contributed by atoms with Gasteiger partial charge < -0.3 is 25.0 Å². The first-order valence-electron chi connectivity index (χ1n) is 8.89. The molecule has 1 aliphatic rings. The molecule has 26 heavy (non-hydrogen) atoms. The number of piperazine rings is 1. The van der Waals surface area contributed by atoms with E-state index >= 15 is 0 Å². The quantitative estimate of drug-likeness (QED) is 0.518. The molecule has 144 valence electrons. The van der Waals surface area contributed by atoms with Gasteiger partial charge in [0.2, 0.25) is 5.91 Å². The second-order valence-electron chi connectivity index (χ2n) is 5.99. The van der Waals surface area contributed by atoms with Crippen LogP contribution < -0.4 is 15.4 Å². The highest BCUT2D eigenvalue weighted by Crippen LogP contribution is 2.16. The summed E-state index contributed by atoms with van der Waals surface area (Å²) in [5, 5.41) is 6.81. The predicted octanol–water partition coefficient (Wildman–Crippen LogP) is 1.16. The molecular formula is C18H28N4O3S. The van der Waals surface area contributed by atoms with Crippen LogP contribution in [0.2, 0.25) is 0 Å². The Labute approximate surface area is 160 Å². The van der Waals surface area contributed by atoms with Gasteiger partial charge in [0.1, 0.15) is 5.75 Å². The Morgan fingerprint density at radius 3 is 2.50 bits per heavy atom. The van der Waals surface area contributed by atoms with Crippen molar-refractivity contribution in [3.05, 3.63) is 24.3 Å². The number of amides is 1. The highest BCUT2D eigenvalue weighted by atomic mass is 32.1. The summed E-state index contributed by atoms with van der Waals surface area (Å²) in [7, 11) is 1.62. The lowest BCUT2D eigenvalue weighted by Crippen LogP contribution is -2.52. The van der Waals surface area contributed by atoms with Gasteiger partial charge in [-0.1, -0.05) is 0 Å². The van der Waals surface area contributed by atoms with E-state index < -0.39 is 0 Å².